The van der Waals surface area contributed by atoms with Crippen LogP contribution in [-0.2, 0) is 18.6 Å². The molecule has 2 saturated heterocycles. The van der Waals surface area contributed by atoms with Crippen molar-refractivity contribution in [3.05, 3.63) is 5.32 Å². The molecule has 0 bridgehead atoms. The Balaban J connectivity index is 0.000000845. The second-order valence-electron chi connectivity index (χ2n) is 3.65. The van der Waals surface area contributed by atoms with E-state index in [4.69, 9.17) is 0 Å². The Labute approximate surface area is 88.9 Å². The summed E-state index contributed by atoms with van der Waals surface area (Å²) in [4.78, 5) is 1.89. The normalized spacial score (nSPS) is 33.2. The molecule has 5 heteroatoms. The van der Waals surface area contributed by atoms with Crippen LogP contribution in [0.3, 0.4) is 0 Å². The van der Waals surface area contributed by atoms with Gasteiger partial charge in [0, 0.05) is 31.5 Å². The molecule has 2 rings (SSSR count). The van der Waals surface area contributed by atoms with Crippen molar-refractivity contribution < 1.29 is 27.3 Å². The van der Waals surface area contributed by atoms with E-state index in [0.29, 0.717) is 12.6 Å². The molecule has 1 atom stereocenters. The largest absolute Gasteiger partial charge is 0.661 e. The van der Waals surface area contributed by atoms with Crippen molar-refractivity contribution in [2.45, 2.75) is 24.8 Å². The van der Waals surface area contributed by atoms with E-state index >= 15 is 0 Å². The zero-order valence-corrected chi connectivity index (χ0v) is 8.81. The molecule has 0 amide bonds. The maximum Gasteiger partial charge on any atom is 0.261 e. The van der Waals surface area contributed by atoms with Gasteiger partial charge in [-0.2, -0.15) is 0 Å². The Hall–Kier alpha value is 0.364. The van der Waals surface area contributed by atoms with Crippen LogP contribution in [0, 0.1) is 0 Å². The van der Waals surface area contributed by atoms with Crippen molar-refractivity contribution in [1.82, 2.24) is 4.90 Å². The van der Waals surface area contributed by atoms with Gasteiger partial charge in [0.1, 0.15) is 0 Å². The van der Waals surface area contributed by atoms with Gasteiger partial charge in [-0.25, -0.2) is 8.78 Å². The molecular formula is C8H13F2N2V-. The Kier molecular flexibility index (Phi) is 3.75. The summed E-state index contributed by atoms with van der Waals surface area (Å²) in [5, 5.41) is 4.17. The van der Waals surface area contributed by atoms with Crippen LogP contribution in [0.5, 0.6) is 0 Å². The summed E-state index contributed by atoms with van der Waals surface area (Å²) in [7, 11) is 0. The molecule has 1 unspecified atom stereocenters. The van der Waals surface area contributed by atoms with Crippen molar-refractivity contribution in [2.24, 2.45) is 0 Å². The number of hydrogen-bond donors (Lipinski definition) is 0. The minimum atomic E-state index is -2.44. The quantitative estimate of drug-likeness (QED) is 0.661. The van der Waals surface area contributed by atoms with Crippen molar-refractivity contribution in [2.75, 3.05) is 26.2 Å². The molecule has 0 aromatic carbocycles. The first-order chi connectivity index (χ1) is 5.67. The summed E-state index contributed by atoms with van der Waals surface area (Å²) >= 11 is 0. The second kappa shape index (κ2) is 4.26. The molecule has 2 heterocycles. The standard InChI is InChI=1S/C8H13F2N2.V/c9-8(10)2-4-12(6-8)7-1-3-11-5-7;/h7H,1-6H2;/q-1;. The number of likely N-dealkylation sites (tertiary alicyclic amines) is 1. The van der Waals surface area contributed by atoms with Gasteiger partial charge in [-0.05, 0) is 6.04 Å². The van der Waals surface area contributed by atoms with Gasteiger partial charge in [-0.3, -0.25) is 4.90 Å². The van der Waals surface area contributed by atoms with E-state index in [1.54, 1.807) is 0 Å². The second-order valence-corrected chi connectivity index (χ2v) is 3.65. The maximum atomic E-state index is 12.8. The molecule has 0 aromatic heterocycles. The van der Waals surface area contributed by atoms with Gasteiger partial charge in [-0.1, -0.05) is 6.42 Å². The van der Waals surface area contributed by atoms with Crippen molar-refractivity contribution in [3.8, 4) is 0 Å². The molecule has 1 radical (unpaired) electrons. The summed E-state index contributed by atoms with van der Waals surface area (Å²) in [5.41, 5.74) is 0. The average Bonchev–Trinajstić information content (AvgIpc) is 2.55. The third kappa shape index (κ3) is 2.66. The minimum absolute atomic E-state index is 0. The average molecular weight is 226 g/mol. The Bertz CT molecular complexity index is 172. The molecule has 2 fully saturated rings. The van der Waals surface area contributed by atoms with Gasteiger partial charge in [0.05, 0.1) is 6.54 Å². The van der Waals surface area contributed by atoms with Crippen LogP contribution in [-0.4, -0.2) is 43.0 Å². The van der Waals surface area contributed by atoms with Gasteiger partial charge in [-0.15, -0.1) is 13.1 Å². The summed E-state index contributed by atoms with van der Waals surface area (Å²) in [6, 6.07) is 0.304. The predicted molar refractivity (Wildman–Crippen MR) is 42.6 cm³/mol. The maximum absolute atomic E-state index is 12.8. The molecule has 0 aliphatic carbocycles. The van der Waals surface area contributed by atoms with Gasteiger partial charge < -0.3 is 5.32 Å². The molecule has 0 saturated carbocycles. The van der Waals surface area contributed by atoms with E-state index < -0.39 is 5.92 Å². The van der Waals surface area contributed by atoms with Crippen molar-refractivity contribution in [1.29, 1.82) is 0 Å². The molecule has 13 heavy (non-hydrogen) atoms. The monoisotopic (exact) mass is 226 g/mol. The van der Waals surface area contributed by atoms with Crippen LogP contribution in [0.1, 0.15) is 12.8 Å². The van der Waals surface area contributed by atoms with Gasteiger partial charge in [0.25, 0.3) is 5.92 Å². The van der Waals surface area contributed by atoms with Crippen LogP contribution >= 0.6 is 0 Å². The third-order valence-electron chi connectivity index (χ3n) is 2.68. The fourth-order valence-corrected chi connectivity index (χ4v) is 1.94. The Morgan fingerprint density at radius 1 is 1.38 bits per heavy atom. The fourth-order valence-electron chi connectivity index (χ4n) is 1.94. The molecule has 2 aliphatic rings. The van der Waals surface area contributed by atoms with Crippen molar-refractivity contribution in [3.63, 3.8) is 0 Å². The minimum Gasteiger partial charge on any atom is -0.661 e. The molecule has 2 aliphatic heterocycles. The number of alkyl halides is 2. The smallest absolute Gasteiger partial charge is 0.261 e. The van der Waals surface area contributed by atoms with E-state index in [0.717, 1.165) is 19.5 Å². The van der Waals surface area contributed by atoms with E-state index in [1.807, 2.05) is 4.90 Å². The first-order valence-electron chi connectivity index (χ1n) is 4.42. The fraction of sp³-hybridized carbons (Fsp3) is 1.00. The van der Waals surface area contributed by atoms with Gasteiger partial charge >= 0.3 is 0 Å². The number of hydrogen-bond acceptors (Lipinski definition) is 1. The Morgan fingerprint density at radius 2 is 2.15 bits per heavy atom. The van der Waals surface area contributed by atoms with E-state index in [9.17, 15) is 8.78 Å². The number of rotatable bonds is 1. The topological polar surface area (TPSA) is 17.3 Å². The van der Waals surface area contributed by atoms with E-state index in [2.05, 4.69) is 5.32 Å². The molecule has 2 nitrogen and oxygen atoms in total. The van der Waals surface area contributed by atoms with Crippen LogP contribution < -0.4 is 0 Å². The van der Waals surface area contributed by atoms with E-state index in [1.165, 1.54) is 0 Å². The van der Waals surface area contributed by atoms with Crippen LogP contribution in [0.15, 0.2) is 0 Å². The molecule has 0 N–H and O–H groups in total. The summed E-state index contributed by atoms with van der Waals surface area (Å²) in [6.07, 6.45) is 1.000. The SMILES string of the molecule is FC1(F)CCN(C2CC[N-]C2)C1.[V]. The zero-order valence-electron chi connectivity index (χ0n) is 7.42. The first kappa shape index (κ1) is 11.4. The number of halogens is 2. The molecule has 0 aromatic rings. The molecule has 75 valence electrons. The predicted octanol–water partition coefficient (Wildman–Crippen LogP) is 1.47. The van der Waals surface area contributed by atoms with Gasteiger partial charge in [0.2, 0.25) is 0 Å². The molecular weight excluding hydrogens is 213 g/mol. The summed E-state index contributed by atoms with van der Waals surface area (Å²) in [5.74, 6) is -2.44. The van der Waals surface area contributed by atoms with E-state index in [-0.39, 0.29) is 31.5 Å². The third-order valence-corrected chi connectivity index (χ3v) is 2.68. The van der Waals surface area contributed by atoms with Crippen molar-refractivity contribution >= 4 is 0 Å². The summed E-state index contributed by atoms with van der Waals surface area (Å²) in [6.45, 7) is 2.11. The molecule has 0 spiro atoms. The Morgan fingerprint density at radius 3 is 2.62 bits per heavy atom. The first-order valence-corrected chi connectivity index (χ1v) is 4.42. The number of nitrogens with zero attached hydrogens (tertiary/aromatic N) is 2. The van der Waals surface area contributed by atoms with Gasteiger partial charge in [0.15, 0.2) is 0 Å². The van der Waals surface area contributed by atoms with Crippen LogP contribution in [0.2, 0.25) is 0 Å². The summed E-state index contributed by atoms with van der Waals surface area (Å²) < 4.78 is 25.6. The van der Waals surface area contributed by atoms with Crippen LogP contribution in [0.25, 0.3) is 5.32 Å². The zero-order chi connectivity index (χ0) is 8.60. The van der Waals surface area contributed by atoms with Crippen LogP contribution in [0.4, 0.5) is 8.78 Å².